The molecule has 1 amide bonds. The normalized spacial score (nSPS) is 13.1. The number of nitrogens with one attached hydrogen (secondary N) is 1. The number of hydrogen-bond acceptors (Lipinski definition) is 3. The van der Waals surface area contributed by atoms with Gasteiger partial charge < -0.3 is 11.1 Å². The molecule has 3 N–H and O–H groups in total. The van der Waals surface area contributed by atoms with Gasteiger partial charge in [-0.15, -0.1) is 11.8 Å². The van der Waals surface area contributed by atoms with Crippen molar-refractivity contribution in [1.29, 1.82) is 0 Å². The number of carbonyl (C=O) groups excluding carboxylic acids is 1. The predicted octanol–water partition coefficient (Wildman–Crippen LogP) is 3.05. The lowest BCUT2D eigenvalue weighted by Gasteiger charge is -2.26. The molecule has 100 valence electrons. The molecule has 1 unspecified atom stereocenters. The van der Waals surface area contributed by atoms with Gasteiger partial charge in [-0.05, 0) is 39.3 Å². The fourth-order valence-corrected chi connectivity index (χ4v) is 2.26. The summed E-state index contributed by atoms with van der Waals surface area (Å²) in [6.07, 6.45) is 0.906. The zero-order chi connectivity index (χ0) is 13.8. The zero-order valence-corrected chi connectivity index (χ0v) is 12.3. The van der Waals surface area contributed by atoms with Crippen molar-refractivity contribution in [2.24, 2.45) is 0 Å². The van der Waals surface area contributed by atoms with Crippen LogP contribution in [0.1, 0.15) is 34.1 Å². The van der Waals surface area contributed by atoms with Crippen molar-refractivity contribution in [2.45, 2.75) is 49.8 Å². The van der Waals surface area contributed by atoms with Crippen LogP contribution in [0, 0.1) is 0 Å². The summed E-state index contributed by atoms with van der Waals surface area (Å²) < 4.78 is 0. The van der Waals surface area contributed by atoms with E-state index < -0.39 is 0 Å². The molecule has 0 radical (unpaired) electrons. The average Bonchev–Trinajstić information content (AvgIpc) is 2.31. The Bertz CT molecular complexity index is 418. The highest BCUT2D eigenvalue weighted by molar-refractivity contribution is 8.00. The van der Waals surface area contributed by atoms with Crippen LogP contribution in [-0.4, -0.2) is 16.7 Å². The minimum Gasteiger partial charge on any atom is -0.398 e. The summed E-state index contributed by atoms with van der Waals surface area (Å²) >= 11 is 1.49. The molecule has 18 heavy (non-hydrogen) atoms. The standard InChI is InChI=1S/C14H22N2OS/c1-5-14(3,4)16-13(17)10(2)18-12-9-7-6-8-11(12)15/h6-10H,5,15H2,1-4H3,(H,16,17). The molecule has 0 aliphatic heterocycles. The molecular formula is C14H22N2OS. The lowest BCUT2D eigenvalue weighted by molar-refractivity contribution is -0.121. The summed E-state index contributed by atoms with van der Waals surface area (Å²) in [6.45, 7) is 8.02. The number of amides is 1. The molecule has 3 nitrogen and oxygen atoms in total. The monoisotopic (exact) mass is 266 g/mol. The van der Waals surface area contributed by atoms with Gasteiger partial charge in [-0.1, -0.05) is 19.1 Å². The smallest absolute Gasteiger partial charge is 0.233 e. The van der Waals surface area contributed by atoms with Gasteiger partial charge in [-0.25, -0.2) is 0 Å². The van der Waals surface area contributed by atoms with E-state index in [1.807, 2.05) is 45.0 Å². The second-order valence-corrected chi connectivity index (χ2v) is 6.41. The van der Waals surface area contributed by atoms with Crippen LogP contribution in [0.2, 0.25) is 0 Å². The van der Waals surface area contributed by atoms with Crippen LogP contribution in [0.3, 0.4) is 0 Å². The quantitative estimate of drug-likeness (QED) is 0.636. The fourth-order valence-electron chi connectivity index (χ4n) is 1.36. The summed E-state index contributed by atoms with van der Waals surface area (Å²) in [7, 11) is 0. The Morgan fingerprint density at radius 2 is 2.06 bits per heavy atom. The van der Waals surface area contributed by atoms with Crippen molar-refractivity contribution in [3.8, 4) is 0 Å². The van der Waals surface area contributed by atoms with E-state index in [9.17, 15) is 4.79 Å². The number of rotatable bonds is 5. The maximum atomic E-state index is 12.1. The first-order valence-electron chi connectivity index (χ1n) is 6.19. The largest absolute Gasteiger partial charge is 0.398 e. The van der Waals surface area contributed by atoms with Crippen LogP contribution in [0.25, 0.3) is 0 Å². The second kappa shape index (κ2) is 6.14. The molecule has 1 aromatic rings. The zero-order valence-electron chi connectivity index (χ0n) is 11.5. The van der Waals surface area contributed by atoms with E-state index in [-0.39, 0.29) is 16.7 Å². The van der Waals surface area contributed by atoms with Crippen molar-refractivity contribution >= 4 is 23.4 Å². The molecule has 1 rings (SSSR count). The highest BCUT2D eigenvalue weighted by atomic mass is 32.2. The molecular weight excluding hydrogens is 244 g/mol. The first-order valence-corrected chi connectivity index (χ1v) is 7.07. The van der Waals surface area contributed by atoms with Crippen LogP contribution in [0.5, 0.6) is 0 Å². The Labute approximate surface area is 114 Å². The number of nitrogens with two attached hydrogens (primary N) is 1. The van der Waals surface area contributed by atoms with Crippen molar-refractivity contribution in [2.75, 3.05) is 5.73 Å². The highest BCUT2D eigenvalue weighted by Crippen LogP contribution is 2.28. The molecule has 0 aliphatic rings. The molecule has 4 heteroatoms. The van der Waals surface area contributed by atoms with E-state index in [4.69, 9.17) is 5.73 Å². The average molecular weight is 266 g/mol. The molecule has 0 bridgehead atoms. The first kappa shape index (κ1) is 14.9. The van der Waals surface area contributed by atoms with Gasteiger partial charge in [0.2, 0.25) is 5.91 Å². The second-order valence-electron chi connectivity index (χ2n) is 5.02. The molecule has 0 aromatic heterocycles. The molecule has 0 saturated heterocycles. The summed E-state index contributed by atoms with van der Waals surface area (Å²) in [5, 5.41) is 2.89. The van der Waals surface area contributed by atoms with Gasteiger partial charge in [-0.3, -0.25) is 4.79 Å². The maximum Gasteiger partial charge on any atom is 0.233 e. The Kier molecular flexibility index (Phi) is 5.08. The van der Waals surface area contributed by atoms with E-state index in [0.29, 0.717) is 0 Å². The maximum absolute atomic E-state index is 12.1. The van der Waals surface area contributed by atoms with E-state index in [1.54, 1.807) is 0 Å². The molecule has 0 saturated carbocycles. The van der Waals surface area contributed by atoms with Crippen LogP contribution in [0.4, 0.5) is 5.69 Å². The Balaban J connectivity index is 2.63. The van der Waals surface area contributed by atoms with Gasteiger partial charge in [0.05, 0.1) is 5.25 Å². The third kappa shape index (κ3) is 4.26. The number of carbonyl (C=O) groups is 1. The van der Waals surface area contributed by atoms with Gasteiger partial charge in [0, 0.05) is 16.1 Å². The number of para-hydroxylation sites is 1. The Morgan fingerprint density at radius 3 is 2.61 bits per heavy atom. The van der Waals surface area contributed by atoms with Gasteiger partial charge in [0.25, 0.3) is 0 Å². The SMILES string of the molecule is CCC(C)(C)NC(=O)C(C)Sc1ccccc1N. The Morgan fingerprint density at radius 1 is 1.44 bits per heavy atom. The summed E-state index contributed by atoms with van der Waals surface area (Å²) in [5.74, 6) is 0.0510. The number of hydrogen-bond donors (Lipinski definition) is 2. The molecule has 1 atom stereocenters. The number of nitrogen functional groups attached to an aromatic ring is 1. The third-order valence-electron chi connectivity index (χ3n) is 2.94. The van der Waals surface area contributed by atoms with Crippen molar-refractivity contribution in [3.63, 3.8) is 0 Å². The van der Waals surface area contributed by atoms with E-state index >= 15 is 0 Å². The first-order chi connectivity index (χ1) is 8.35. The molecule has 0 spiro atoms. The van der Waals surface area contributed by atoms with Crippen molar-refractivity contribution < 1.29 is 4.79 Å². The summed E-state index contributed by atoms with van der Waals surface area (Å²) in [6, 6.07) is 7.61. The number of thioether (sulfide) groups is 1. The molecule has 0 heterocycles. The number of anilines is 1. The summed E-state index contributed by atoms with van der Waals surface area (Å²) in [5.41, 5.74) is 6.43. The van der Waals surface area contributed by atoms with Crippen molar-refractivity contribution in [1.82, 2.24) is 5.32 Å². The van der Waals surface area contributed by atoms with Gasteiger partial charge in [0.15, 0.2) is 0 Å². The van der Waals surface area contributed by atoms with Crippen LogP contribution >= 0.6 is 11.8 Å². The molecule has 1 aromatic carbocycles. The lowest BCUT2D eigenvalue weighted by atomic mass is 10.0. The Hall–Kier alpha value is -1.16. The van der Waals surface area contributed by atoms with Crippen LogP contribution in [0.15, 0.2) is 29.2 Å². The minimum atomic E-state index is -0.159. The van der Waals surface area contributed by atoms with Crippen LogP contribution in [-0.2, 0) is 4.79 Å². The van der Waals surface area contributed by atoms with E-state index in [2.05, 4.69) is 12.2 Å². The fraction of sp³-hybridized carbons (Fsp3) is 0.500. The van der Waals surface area contributed by atoms with Gasteiger partial charge in [-0.2, -0.15) is 0 Å². The highest BCUT2D eigenvalue weighted by Gasteiger charge is 2.22. The van der Waals surface area contributed by atoms with Crippen LogP contribution < -0.4 is 11.1 Å². The predicted molar refractivity (Wildman–Crippen MR) is 78.7 cm³/mol. The van der Waals surface area contributed by atoms with E-state index in [1.165, 1.54) is 11.8 Å². The topological polar surface area (TPSA) is 55.1 Å². The third-order valence-corrected chi connectivity index (χ3v) is 4.13. The minimum absolute atomic E-state index is 0.0510. The van der Waals surface area contributed by atoms with E-state index in [0.717, 1.165) is 17.0 Å². The molecule has 0 fully saturated rings. The van der Waals surface area contributed by atoms with Crippen molar-refractivity contribution in [3.05, 3.63) is 24.3 Å². The van der Waals surface area contributed by atoms with Gasteiger partial charge >= 0.3 is 0 Å². The number of benzene rings is 1. The molecule has 0 aliphatic carbocycles. The van der Waals surface area contributed by atoms with Gasteiger partial charge in [0.1, 0.15) is 0 Å². The summed E-state index contributed by atoms with van der Waals surface area (Å²) in [4.78, 5) is 13.0. The lowest BCUT2D eigenvalue weighted by Crippen LogP contribution is -2.46.